The first-order valence-corrected chi connectivity index (χ1v) is 6.80. The maximum atomic E-state index is 12.2. The first kappa shape index (κ1) is 15.7. The minimum Gasteiger partial charge on any atom is -0.394 e. The second-order valence-corrected chi connectivity index (χ2v) is 5.72. The minimum absolute atomic E-state index is 0.0428. The van der Waals surface area contributed by atoms with E-state index in [0.717, 1.165) is 12.1 Å². The summed E-state index contributed by atoms with van der Waals surface area (Å²) in [5.74, 6) is 0.536. The van der Waals surface area contributed by atoms with E-state index in [1.54, 1.807) is 11.7 Å². The predicted molar refractivity (Wildman–Crippen MR) is 75.1 cm³/mol. The molecule has 0 aromatic carbocycles. The van der Waals surface area contributed by atoms with E-state index < -0.39 is 0 Å². The number of amides is 1. The molecule has 1 amide bonds. The van der Waals surface area contributed by atoms with Crippen LogP contribution in [0.5, 0.6) is 0 Å². The molecular formula is C14H25N3O2. The average molecular weight is 267 g/mol. The molecule has 1 aromatic rings. The molecule has 5 heteroatoms. The van der Waals surface area contributed by atoms with E-state index in [9.17, 15) is 9.90 Å². The summed E-state index contributed by atoms with van der Waals surface area (Å²) in [6.45, 7) is 8.17. The van der Waals surface area contributed by atoms with Crippen molar-refractivity contribution in [1.82, 2.24) is 15.1 Å². The fourth-order valence-corrected chi connectivity index (χ4v) is 1.99. The number of hydrogen-bond donors (Lipinski definition) is 2. The SMILES string of the molecule is CC(C)CC(CO)NC(=O)c1cc(C(C)C)nn1C. The van der Waals surface area contributed by atoms with Gasteiger partial charge in [-0.15, -0.1) is 0 Å². The van der Waals surface area contributed by atoms with Gasteiger partial charge in [0.05, 0.1) is 18.3 Å². The molecule has 0 fully saturated rings. The first-order chi connectivity index (χ1) is 8.85. The third-order valence-corrected chi connectivity index (χ3v) is 3.03. The molecule has 5 nitrogen and oxygen atoms in total. The van der Waals surface area contributed by atoms with E-state index in [1.165, 1.54) is 0 Å². The number of nitrogens with zero attached hydrogens (tertiary/aromatic N) is 2. The van der Waals surface area contributed by atoms with Gasteiger partial charge in [-0.2, -0.15) is 5.10 Å². The summed E-state index contributed by atoms with van der Waals surface area (Å²) in [5.41, 5.74) is 1.43. The molecule has 108 valence electrons. The summed E-state index contributed by atoms with van der Waals surface area (Å²) < 4.78 is 1.59. The Hall–Kier alpha value is -1.36. The van der Waals surface area contributed by atoms with Crippen LogP contribution in [-0.4, -0.2) is 33.4 Å². The van der Waals surface area contributed by atoms with Crippen molar-refractivity contribution in [3.63, 3.8) is 0 Å². The third kappa shape index (κ3) is 4.35. The zero-order chi connectivity index (χ0) is 14.6. The number of aliphatic hydroxyl groups is 1. The van der Waals surface area contributed by atoms with Crippen molar-refractivity contribution in [2.45, 2.75) is 46.1 Å². The standard InChI is InChI=1S/C14H25N3O2/c1-9(2)6-11(8-18)15-14(19)13-7-12(10(3)4)16-17(13)5/h7,9-11,18H,6,8H2,1-5H3,(H,15,19). The first-order valence-electron chi connectivity index (χ1n) is 6.80. The van der Waals surface area contributed by atoms with Crippen LogP contribution in [0.25, 0.3) is 0 Å². The zero-order valence-electron chi connectivity index (χ0n) is 12.5. The third-order valence-electron chi connectivity index (χ3n) is 3.03. The molecule has 0 saturated heterocycles. The molecule has 1 aromatic heterocycles. The Morgan fingerprint density at radius 3 is 2.47 bits per heavy atom. The summed E-state index contributed by atoms with van der Waals surface area (Å²) >= 11 is 0. The van der Waals surface area contributed by atoms with Crippen molar-refractivity contribution in [2.24, 2.45) is 13.0 Å². The molecular weight excluding hydrogens is 242 g/mol. The number of aromatic nitrogens is 2. The fourth-order valence-electron chi connectivity index (χ4n) is 1.99. The van der Waals surface area contributed by atoms with Gasteiger partial charge in [-0.1, -0.05) is 27.7 Å². The Labute approximate surface area is 115 Å². The summed E-state index contributed by atoms with van der Waals surface area (Å²) in [4.78, 5) is 12.2. The summed E-state index contributed by atoms with van der Waals surface area (Å²) in [6, 6.07) is 1.61. The second kappa shape index (κ2) is 6.70. The Bertz CT molecular complexity index is 424. The van der Waals surface area contributed by atoms with Crippen LogP contribution in [0.4, 0.5) is 0 Å². The van der Waals surface area contributed by atoms with Gasteiger partial charge in [-0.25, -0.2) is 0 Å². The number of nitrogens with one attached hydrogen (secondary N) is 1. The highest BCUT2D eigenvalue weighted by Gasteiger charge is 2.18. The van der Waals surface area contributed by atoms with Gasteiger partial charge < -0.3 is 10.4 Å². The largest absolute Gasteiger partial charge is 0.394 e. The zero-order valence-corrected chi connectivity index (χ0v) is 12.5. The molecule has 1 atom stereocenters. The molecule has 0 radical (unpaired) electrons. The Balaban J connectivity index is 2.77. The lowest BCUT2D eigenvalue weighted by Crippen LogP contribution is -2.39. The van der Waals surface area contributed by atoms with Crippen LogP contribution in [-0.2, 0) is 7.05 Å². The van der Waals surface area contributed by atoms with Crippen LogP contribution in [0, 0.1) is 5.92 Å². The number of hydrogen-bond acceptors (Lipinski definition) is 3. The van der Waals surface area contributed by atoms with E-state index in [4.69, 9.17) is 0 Å². The van der Waals surface area contributed by atoms with Crippen LogP contribution >= 0.6 is 0 Å². The monoisotopic (exact) mass is 267 g/mol. The van der Waals surface area contributed by atoms with Crippen LogP contribution in [0.3, 0.4) is 0 Å². The van der Waals surface area contributed by atoms with Gasteiger partial charge in [0, 0.05) is 7.05 Å². The van der Waals surface area contributed by atoms with Crippen LogP contribution in [0.15, 0.2) is 6.07 Å². The maximum Gasteiger partial charge on any atom is 0.269 e. The van der Waals surface area contributed by atoms with Gasteiger partial charge in [0.15, 0.2) is 0 Å². The van der Waals surface area contributed by atoms with Crippen LogP contribution < -0.4 is 5.32 Å². The lowest BCUT2D eigenvalue weighted by Gasteiger charge is -2.18. The van der Waals surface area contributed by atoms with Gasteiger partial charge in [-0.3, -0.25) is 9.48 Å². The quantitative estimate of drug-likeness (QED) is 0.824. The normalized spacial score (nSPS) is 13.1. The number of carbonyl (C=O) groups is 1. The van der Waals surface area contributed by atoms with Crippen molar-refractivity contribution >= 4 is 5.91 Å². The molecule has 0 saturated carbocycles. The van der Waals surface area contributed by atoms with E-state index in [2.05, 4.69) is 24.3 Å². The van der Waals surface area contributed by atoms with Gasteiger partial charge in [0.25, 0.3) is 5.91 Å². The number of aryl methyl sites for hydroxylation is 1. The molecule has 0 spiro atoms. The minimum atomic E-state index is -0.204. The summed E-state index contributed by atoms with van der Waals surface area (Å²) in [7, 11) is 1.76. The van der Waals surface area contributed by atoms with Crippen molar-refractivity contribution in [1.29, 1.82) is 0 Å². The highest BCUT2D eigenvalue weighted by molar-refractivity contribution is 5.92. The molecule has 0 aliphatic carbocycles. The van der Waals surface area contributed by atoms with Crippen molar-refractivity contribution < 1.29 is 9.90 Å². The summed E-state index contributed by atoms with van der Waals surface area (Å²) in [6.07, 6.45) is 0.761. The lowest BCUT2D eigenvalue weighted by molar-refractivity contribution is 0.0899. The topological polar surface area (TPSA) is 67.2 Å². The Morgan fingerprint density at radius 1 is 1.42 bits per heavy atom. The van der Waals surface area contributed by atoms with Crippen molar-refractivity contribution in [3.8, 4) is 0 Å². The smallest absolute Gasteiger partial charge is 0.269 e. The van der Waals surface area contributed by atoms with Gasteiger partial charge in [0.2, 0.25) is 0 Å². The van der Waals surface area contributed by atoms with Gasteiger partial charge in [-0.05, 0) is 24.3 Å². The van der Waals surface area contributed by atoms with Crippen LogP contribution in [0.1, 0.15) is 56.2 Å². The molecule has 1 heterocycles. The molecule has 0 bridgehead atoms. The fraction of sp³-hybridized carbons (Fsp3) is 0.714. The number of aliphatic hydroxyl groups excluding tert-OH is 1. The number of carbonyl (C=O) groups excluding carboxylic acids is 1. The van der Waals surface area contributed by atoms with Gasteiger partial charge in [0.1, 0.15) is 5.69 Å². The Morgan fingerprint density at radius 2 is 2.05 bits per heavy atom. The predicted octanol–water partition coefficient (Wildman–Crippen LogP) is 1.68. The average Bonchev–Trinajstić information content (AvgIpc) is 2.70. The molecule has 0 aliphatic heterocycles. The van der Waals surface area contributed by atoms with Crippen molar-refractivity contribution in [2.75, 3.05) is 6.61 Å². The van der Waals surface area contributed by atoms with E-state index >= 15 is 0 Å². The lowest BCUT2D eigenvalue weighted by atomic mass is 10.0. The van der Waals surface area contributed by atoms with E-state index in [1.807, 2.05) is 19.9 Å². The van der Waals surface area contributed by atoms with Gasteiger partial charge >= 0.3 is 0 Å². The van der Waals surface area contributed by atoms with Crippen molar-refractivity contribution in [3.05, 3.63) is 17.5 Å². The molecule has 1 unspecified atom stereocenters. The summed E-state index contributed by atoms with van der Waals surface area (Å²) in [5, 5.41) is 16.5. The highest BCUT2D eigenvalue weighted by Crippen LogP contribution is 2.14. The molecule has 2 N–H and O–H groups in total. The van der Waals surface area contributed by atoms with Crippen LogP contribution in [0.2, 0.25) is 0 Å². The number of rotatable bonds is 6. The molecule has 19 heavy (non-hydrogen) atoms. The van der Waals surface area contributed by atoms with E-state index in [0.29, 0.717) is 11.6 Å². The maximum absolute atomic E-state index is 12.2. The Kier molecular flexibility index (Phi) is 5.54. The second-order valence-electron chi connectivity index (χ2n) is 5.72. The highest BCUT2D eigenvalue weighted by atomic mass is 16.3. The molecule has 0 aliphatic rings. The van der Waals surface area contributed by atoms with E-state index in [-0.39, 0.29) is 24.5 Å². The molecule has 1 rings (SSSR count).